The molecule has 0 aliphatic carbocycles. The molecule has 2 N–H and O–H groups in total. The predicted molar refractivity (Wildman–Crippen MR) is 72.9 cm³/mol. The highest BCUT2D eigenvalue weighted by molar-refractivity contribution is 5.96. The largest absolute Gasteiger partial charge is 0.506 e. The van der Waals surface area contributed by atoms with E-state index in [1.165, 1.54) is 19.2 Å². The summed E-state index contributed by atoms with van der Waals surface area (Å²) >= 11 is 0. The van der Waals surface area contributed by atoms with Crippen molar-refractivity contribution >= 4 is 11.6 Å². The van der Waals surface area contributed by atoms with Crippen molar-refractivity contribution in [2.45, 2.75) is 6.10 Å². The van der Waals surface area contributed by atoms with Crippen molar-refractivity contribution in [1.82, 2.24) is 0 Å². The summed E-state index contributed by atoms with van der Waals surface area (Å²) in [5.41, 5.74) is 0.388. The minimum absolute atomic E-state index is 0.254. The fourth-order valence-corrected chi connectivity index (χ4v) is 1.85. The summed E-state index contributed by atoms with van der Waals surface area (Å²) in [4.78, 5) is 12.1. The number of amides is 1. The molecule has 2 rings (SSSR count). The third-order valence-electron chi connectivity index (χ3n) is 2.82. The number of nitrogens with one attached hydrogen (secondary N) is 1. The van der Waals surface area contributed by atoms with Crippen molar-refractivity contribution < 1.29 is 19.0 Å². The number of para-hydroxylation sites is 1. The summed E-state index contributed by atoms with van der Waals surface area (Å²) in [6, 6.07) is 12.6. The zero-order valence-corrected chi connectivity index (χ0v) is 10.8. The van der Waals surface area contributed by atoms with Crippen LogP contribution in [-0.4, -0.2) is 18.1 Å². The smallest absolute Gasteiger partial charge is 0.258 e. The summed E-state index contributed by atoms with van der Waals surface area (Å²) in [6.07, 6.45) is -0.879. The molecule has 0 spiro atoms. The number of carbonyl (C=O) groups is 1. The van der Waals surface area contributed by atoms with Gasteiger partial charge in [-0.2, -0.15) is 0 Å². The molecule has 20 heavy (non-hydrogen) atoms. The van der Waals surface area contributed by atoms with E-state index in [9.17, 15) is 14.3 Å². The van der Waals surface area contributed by atoms with Gasteiger partial charge in [-0.25, -0.2) is 4.39 Å². The predicted octanol–water partition coefficient (Wildman–Crippen LogP) is 2.86. The lowest BCUT2D eigenvalue weighted by atomic mass is 10.1. The molecule has 0 saturated carbocycles. The van der Waals surface area contributed by atoms with Crippen LogP contribution in [0, 0.1) is 5.82 Å². The first-order valence-corrected chi connectivity index (χ1v) is 5.99. The Morgan fingerprint density at radius 2 is 1.90 bits per heavy atom. The number of ether oxygens (including phenoxy) is 1. The Hall–Kier alpha value is -2.40. The summed E-state index contributed by atoms with van der Waals surface area (Å²) in [6.45, 7) is 0. The van der Waals surface area contributed by atoms with Crippen molar-refractivity contribution in [3.05, 3.63) is 59.9 Å². The third kappa shape index (κ3) is 2.95. The molecule has 0 bridgehead atoms. The van der Waals surface area contributed by atoms with E-state index in [1.54, 1.807) is 24.3 Å². The number of anilines is 1. The third-order valence-corrected chi connectivity index (χ3v) is 2.82. The summed E-state index contributed by atoms with van der Waals surface area (Å²) in [5, 5.41) is 11.9. The minimum Gasteiger partial charge on any atom is -0.506 e. The van der Waals surface area contributed by atoms with Gasteiger partial charge in [-0.15, -0.1) is 0 Å². The quantitative estimate of drug-likeness (QED) is 0.843. The van der Waals surface area contributed by atoms with Crippen LogP contribution in [0.5, 0.6) is 5.75 Å². The monoisotopic (exact) mass is 275 g/mol. The number of hydrogen-bond donors (Lipinski definition) is 2. The molecule has 2 aromatic rings. The van der Waals surface area contributed by atoms with E-state index in [2.05, 4.69) is 5.32 Å². The fraction of sp³-hybridized carbons (Fsp3) is 0.133. The standard InChI is InChI=1S/C15H14FNO3/c1-20-14(10-6-3-2-4-7-10)15(19)17-13-11(16)8-5-9-12(13)18/h2-9,14,18H,1H3,(H,17,19)/t14-/m0/s1. The normalized spacial score (nSPS) is 11.9. The number of carbonyl (C=O) groups excluding carboxylic acids is 1. The van der Waals surface area contributed by atoms with Gasteiger partial charge in [0.05, 0.1) is 0 Å². The van der Waals surface area contributed by atoms with E-state index in [1.807, 2.05) is 6.07 Å². The average molecular weight is 275 g/mol. The second-order valence-electron chi connectivity index (χ2n) is 4.15. The molecule has 0 radical (unpaired) electrons. The van der Waals surface area contributed by atoms with E-state index in [-0.39, 0.29) is 11.4 Å². The average Bonchev–Trinajstić information content (AvgIpc) is 2.45. The molecule has 0 unspecified atom stereocenters. The lowest BCUT2D eigenvalue weighted by Crippen LogP contribution is -2.23. The Bertz CT molecular complexity index is 581. The van der Waals surface area contributed by atoms with Crippen molar-refractivity contribution in [1.29, 1.82) is 0 Å². The molecule has 0 fully saturated rings. The highest BCUT2D eigenvalue weighted by Gasteiger charge is 2.22. The van der Waals surface area contributed by atoms with Crippen LogP contribution in [0.25, 0.3) is 0 Å². The van der Waals surface area contributed by atoms with Crippen LogP contribution in [0.4, 0.5) is 10.1 Å². The number of hydrogen-bond acceptors (Lipinski definition) is 3. The van der Waals surface area contributed by atoms with Crippen molar-refractivity contribution in [2.24, 2.45) is 0 Å². The maximum Gasteiger partial charge on any atom is 0.258 e. The van der Waals surface area contributed by atoms with Crippen molar-refractivity contribution in [3.8, 4) is 5.75 Å². The SMILES string of the molecule is CO[C@H](C(=O)Nc1c(O)cccc1F)c1ccccc1. The number of aromatic hydroxyl groups is 1. The van der Waals surface area contributed by atoms with Gasteiger partial charge in [-0.3, -0.25) is 4.79 Å². The topological polar surface area (TPSA) is 58.6 Å². The van der Waals surface area contributed by atoms with Gasteiger partial charge in [0.2, 0.25) is 0 Å². The molecular formula is C15H14FNO3. The number of halogens is 1. The summed E-state index contributed by atoms with van der Waals surface area (Å²) in [7, 11) is 1.39. The van der Waals surface area contributed by atoms with Crippen LogP contribution in [0.15, 0.2) is 48.5 Å². The molecule has 0 aromatic heterocycles. The van der Waals surface area contributed by atoms with Crippen molar-refractivity contribution in [3.63, 3.8) is 0 Å². The van der Waals surface area contributed by atoms with Gasteiger partial charge in [0.15, 0.2) is 11.9 Å². The molecule has 1 atom stereocenters. The molecule has 0 heterocycles. The molecule has 0 aliphatic rings. The number of phenols is 1. The van der Waals surface area contributed by atoms with Crippen LogP contribution >= 0.6 is 0 Å². The first kappa shape index (κ1) is 14.0. The fourth-order valence-electron chi connectivity index (χ4n) is 1.85. The Morgan fingerprint density at radius 1 is 1.20 bits per heavy atom. The molecule has 1 amide bonds. The van der Waals surface area contributed by atoms with Gasteiger partial charge in [-0.05, 0) is 17.7 Å². The second-order valence-corrected chi connectivity index (χ2v) is 4.15. The lowest BCUT2D eigenvalue weighted by Gasteiger charge is -2.16. The van der Waals surface area contributed by atoms with Crippen LogP contribution in [0.2, 0.25) is 0 Å². The van der Waals surface area contributed by atoms with Gasteiger partial charge < -0.3 is 15.2 Å². The maximum atomic E-state index is 13.6. The van der Waals surface area contributed by atoms with E-state index < -0.39 is 17.8 Å². The second kappa shape index (κ2) is 6.16. The summed E-state index contributed by atoms with van der Waals surface area (Å²) < 4.78 is 18.7. The van der Waals surface area contributed by atoms with E-state index >= 15 is 0 Å². The minimum atomic E-state index is -0.879. The Balaban J connectivity index is 2.23. The Labute approximate surface area is 115 Å². The van der Waals surface area contributed by atoms with Crippen LogP contribution in [-0.2, 0) is 9.53 Å². The number of phenolic OH excluding ortho intramolecular Hbond substituents is 1. The van der Waals surface area contributed by atoms with Gasteiger partial charge in [0.25, 0.3) is 5.91 Å². The van der Waals surface area contributed by atoms with Gasteiger partial charge in [0.1, 0.15) is 11.4 Å². The Morgan fingerprint density at radius 3 is 2.50 bits per heavy atom. The number of rotatable bonds is 4. The van der Waals surface area contributed by atoms with Gasteiger partial charge in [0, 0.05) is 7.11 Å². The molecule has 2 aromatic carbocycles. The van der Waals surface area contributed by atoms with Crippen LogP contribution in [0.1, 0.15) is 11.7 Å². The van der Waals surface area contributed by atoms with Gasteiger partial charge in [-0.1, -0.05) is 36.4 Å². The van der Waals surface area contributed by atoms with E-state index in [0.29, 0.717) is 5.56 Å². The molecular weight excluding hydrogens is 261 g/mol. The lowest BCUT2D eigenvalue weighted by molar-refractivity contribution is -0.126. The molecule has 5 heteroatoms. The maximum absolute atomic E-state index is 13.6. The van der Waals surface area contributed by atoms with Gasteiger partial charge >= 0.3 is 0 Å². The first-order chi connectivity index (χ1) is 9.63. The zero-order valence-electron chi connectivity index (χ0n) is 10.8. The zero-order chi connectivity index (χ0) is 14.5. The summed E-state index contributed by atoms with van der Waals surface area (Å²) in [5.74, 6) is -1.60. The van der Waals surface area contributed by atoms with E-state index in [0.717, 1.165) is 6.07 Å². The molecule has 0 saturated heterocycles. The van der Waals surface area contributed by atoms with E-state index in [4.69, 9.17) is 4.74 Å². The van der Waals surface area contributed by atoms with Crippen molar-refractivity contribution in [2.75, 3.05) is 12.4 Å². The van der Waals surface area contributed by atoms with Crippen LogP contribution < -0.4 is 5.32 Å². The molecule has 104 valence electrons. The highest BCUT2D eigenvalue weighted by atomic mass is 19.1. The molecule has 0 aliphatic heterocycles. The highest BCUT2D eigenvalue weighted by Crippen LogP contribution is 2.27. The number of benzene rings is 2. The number of methoxy groups -OCH3 is 1. The first-order valence-electron chi connectivity index (χ1n) is 5.99. The molecule has 4 nitrogen and oxygen atoms in total. The van der Waals surface area contributed by atoms with Crippen LogP contribution in [0.3, 0.4) is 0 Å². The Kier molecular flexibility index (Phi) is 4.32.